The summed E-state index contributed by atoms with van der Waals surface area (Å²) in [6, 6.07) is 11.3. The van der Waals surface area contributed by atoms with Crippen LogP contribution >= 0.6 is 0 Å². The van der Waals surface area contributed by atoms with Gasteiger partial charge in [-0.25, -0.2) is 4.39 Å². The summed E-state index contributed by atoms with van der Waals surface area (Å²) >= 11 is 0. The molecule has 0 heterocycles. The normalized spacial score (nSPS) is 10.2. The monoisotopic (exact) mass is 360 g/mol. The van der Waals surface area contributed by atoms with E-state index >= 15 is 0 Å². The molecule has 0 bridgehead atoms. The van der Waals surface area contributed by atoms with Crippen LogP contribution in [0, 0.1) is 5.82 Å². The van der Waals surface area contributed by atoms with Crippen LogP contribution in [0.25, 0.3) is 0 Å². The maximum absolute atomic E-state index is 13.7. The number of amides is 2. The molecule has 0 radical (unpaired) electrons. The van der Waals surface area contributed by atoms with Crippen LogP contribution in [-0.4, -0.2) is 44.5 Å². The molecule has 2 amide bonds. The molecule has 0 fully saturated rings. The number of carbonyl (C=O) groups excluding carboxylic acids is 2. The third-order valence-electron chi connectivity index (χ3n) is 3.73. The standard InChI is InChI=1S/C19H21FN2O4/c1-22(12-18(23)21-14-5-4-6-15(11-14)25-2)19(24)10-13-7-8-17(26-3)16(20)9-13/h4-9,11H,10,12H2,1-3H3,(H,21,23). The molecule has 2 rings (SSSR count). The first-order valence-electron chi connectivity index (χ1n) is 7.93. The van der Waals surface area contributed by atoms with E-state index in [1.807, 2.05) is 0 Å². The van der Waals surface area contributed by atoms with Gasteiger partial charge in [0.05, 0.1) is 27.2 Å². The molecule has 2 aromatic rings. The maximum atomic E-state index is 13.7. The van der Waals surface area contributed by atoms with Crippen molar-refractivity contribution in [1.29, 1.82) is 0 Å². The molecule has 0 unspecified atom stereocenters. The summed E-state index contributed by atoms with van der Waals surface area (Å²) in [6.07, 6.45) is -0.0101. The predicted molar refractivity (Wildman–Crippen MR) is 95.9 cm³/mol. The second kappa shape index (κ2) is 8.84. The van der Waals surface area contributed by atoms with Gasteiger partial charge in [-0.3, -0.25) is 9.59 Å². The van der Waals surface area contributed by atoms with Gasteiger partial charge in [0.1, 0.15) is 5.75 Å². The molecule has 7 heteroatoms. The number of nitrogens with zero attached hydrogens (tertiary/aromatic N) is 1. The second-order valence-corrected chi connectivity index (χ2v) is 5.68. The highest BCUT2D eigenvalue weighted by molar-refractivity contribution is 5.94. The topological polar surface area (TPSA) is 67.9 Å². The summed E-state index contributed by atoms with van der Waals surface area (Å²) in [5.41, 5.74) is 1.08. The van der Waals surface area contributed by atoms with E-state index in [-0.39, 0.29) is 30.5 Å². The van der Waals surface area contributed by atoms with Crippen LogP contribution in [0.3, 0.4) is 0 Å². The zero-order valence-corrected chi connectivity index (χ0v) is 14.9. The van der Waals surface area contributed by atoms with Crippen molar-refractivity contribution in [2.75, 3.05) is 33.1 Å². The van der Waals surface area contributed by atoms with Crippen molar-refractivity contribution in [3.05, 3.63) is 53.8 Å². The second-order valence-electron chi connectivity index (χ2n) is 5.68. The van der Waals surface area contributed by atoms with Crippen LogP contribution in [0.2, 0.25) is 0 Å². The first-order chi connectivity index (χ1) is 12.4. The van der Waals surface area contributed by atoms with Gasteiger partial charge in [0.2, 0.25) is 11.8 Å². The highest BCUT2D eigenvalue weighted by atomic mass is 19.1. The van der Waals surface area contributed by atoms with Crippen molar-refractivity contribution in [2.24, 2.45) is 0 Å². The molecule has 0 saturated heterocycles. The van der Waals surface area contributed by atoms with E-state index in [9.17, 15) is 14.0 Å². The third kappa shape index (κ3) is 5.20. The van der Waals surface area contributed by atoms with Crippen LogP contribution in [0.1, 0.15) is 5.56 Å². The number of anilines is 1. The summed E-state index contributed by atoms with van der Waals surface area (Å²) in [4.78, 5) is 25.6. The van der Waals surface area contributed by atoms with Crippen molar-refractivity contribution in [3.63, 3.8) is 0 Å². The number of methoxy groups -OCH3 is 2. The lowest BCUT2D eigenvalue weighted by atomic mass is 10.1. The summed E-state index contributed by atoms with van der Waals surface area (Å²) < 4.78 is 23.6. The Hall–Kier alpha value is -3.09. The molecule has 1 N–H and O–H groups in total. The smallest absolute Gasteiger partial charge is 0.243 e. The van der Waals surface area contributed by atoms with E-state index in [2.05, 4.69) is 5.32 Å². The Labute approximate surface area is 151 Å². The van der Waals surface area contributed by atoms with Crippen LogP contribution in [0.4, 0.5) is 10.1 Å². The van der Waals surface area contributed by atoms with Crippen LogP contribution in [0.15, 0.2) is 42.5 Å². The summed E-state index contributed by atoms with van der Waals surface area (Å²) in [6.45, 7) is -0.116. The minimum Gasteiger partial charge on any atom is -0.497 e. The first kappa shape index (κ1) is 19.2. The molecule has 2 aromatic carbocycles. The van der Waals surface area contributed by atoms with Crippen molar-refractivity contribution in [1.82, 2.24) is 4.90 Å². The fraction of sp³-hybridized carbons (Fsp3) is 0.263. The third-order valence-corrected chi connectivity index (χ3v) is 3.73. The van der Waals surface area contributed by atoms with Gasteiger partial charge in [-0.05, 0) is 29.8 Å². The quantitative estimate of drug-likeness (QED) is 0.824. The Morgan fingerprint density at radius 3 is 2.54 bits per heavy atom. The number of halogens is 1. The molecule has 0 atom stereocenters. The SMILES string of the molecule is COc1cccc(NC(=O)CN(C)C(=O)Cc2ccc(OC)c(F)c2)c1. The first-order valence-corrected chi connectivity index (χ1v) is 7.93. The lowest BCUT2D eigenvalue weighted by molar-refractivity contribution is -0.132. The van der Waals surface area contributed by atoms with Crippen LogP contribution < -0.4 is 14.8 Å². The molecule has 0 aliphatic rings. The molecular weight excluding hydrogens is 339 g/mol. The van der Waals surface area contributed by atoms with Crippen molar-refractivity contribution < 1.29 is 23.5 Å². The molecule has 6 nitrogen and oxygen atoms in total. The number of nitrogens with one attached hydrogen (secondary N) is 1. The Morgan fingerprint density at radius 1 is 1.12 bits per heavy atom. The molecule has 0 aliphatic carbocycles. The summed E-state index contributed by atoms with van der Waals surface area (Å²) in [5.74, 6) is -0.428. The van der Waals surface area contributed by atoms with Gasteiger partial charge in [-0.15, -0.1) is 0 Å². The minimum atomic E-state index is -0.531. The molecular formula is C19H21FN2O4. The maximum Gasteiger partial charge on any atom is 0.243 e. The highest BCUT2D eigenvalue weighted by Gasteiger charge is 2.15. The predicted octanol–water partition coefficient (Wildman–Crippen LogP) is 2.48. The van der Waals surface area contributed by atoms with Gasteiger partial charge in [0.15, 0.2) is 11.6 Å². The largest absolute Gasteiger partial charge is 0.497 e. The number of ether oxygens (including phenoxy) is 2. The Balaban J connectivity index is 1.91. The number of likely N-dealkylation sites (N-methyl/N-ethyl adjacent to an activating group) is 1. The number of carbonyl (C=O) groups is 2. The molecule has 0 aliphatic heterocycles. The van der Waals surface area contributed by atoms with Crippen LogP contribution in [0.5, 0.6) is 11.5 Å². The lowest BCUT2D eigenvalue weighted by Gasteiger charge is -2.17. The Morgan fingerprint density at radius 2 is 1.88 bits per heavy atom. The number of hydrogen-bond acceptors (Lipinski definition) is 4. The van der Waals surface area contributed by atoms with Gasteiger partial charge < -0.3 is 19.7 Å². The van der Waals surface area contributed by atoms with Gasteiger partial charge in [0, 0.05) is 18.8 Å². The van der Waals surface area contributed by atoms with Gasteiger partial charge in [-0.2, -0.15) is 0 Å². The average molecular weight is 360 g/mol. The fourth-order valence-electron chi connectivity index (χ4n) is 2.33. The van der Waals surface area contributed by atoms with Crippen LogP contribution in [-0.2, 0) is 16.0 Å². The summed E-state index contributed by atoms with van der Waals surface area (Å²) in [7, 11) is 4.43. The van der Waals surface area contributed by atoms with E-state index in [0.29, 0.717) is 17.0 Å². The fourth-order valence-corrected chi connectivity index (χ4v) is 2.33. The zero-order valence-electron chi connectivity index (χ0n) is 14.9. The van der Waals surface area contributed by atoms with Gasteiger partial charge in [0.25, 0.3) is 0 Å². The molecule has 138 valence electrons. The molecule has 26 heavy (non-hydrogen) atoms. The van der Waals surface area contributed by atoms with Crippen molar-refractivity contribution >= 4 is 17.5 Å². The van der Waals surface area contributed by atoms with Crippen molar-refractivity contribution in [2.45, 2.75) is 6.42 Å². The van der Waals surface area contributed by atoms with Gasteiger partial charge in [-0.1, -0.05) is 12.1 Å². The Kier molecular flexibility index (Phi) is 6.54. The summed E-state index contributed by atoms with van der Waals surface area (Å²) in [5, 5.41) is 2.70. The molecule has 0 aromatic heterocycles. The number of hydrogen-bond donors (Lipinski definition) is 1. The van der Waals surface area contributed by atoms with E-state index < -0.39 is 5.82 Å². The van der Waals surface area contributed by atoms with E-state index in [1.54, 1.807) is 30.3 Å². The zero-order chi connectivity index (χ0) is 19.1. The molecule has 0 saturated carbocycles. The minimum absolute atomic E-state index is 0.0101. The Bertz CT molecular complexity index is 795. The van der Waals surface area contributed by atoms with E-state index in [4.69, 9.17) is 9.47 Å². The van der Waals surface area contributed by atoms with Crippen molar-refractivity contribution in [3.8, 4) is 11.5 Å². The lowest BCUT2D eigenvalue weighted by Crippen LogP contribution is -2.35. The highest BCUT2D eigenvalue weighted by Crippen LogP contribution is 2.18. The van der Waals surface area contributed by atoms with E-state index in [0.717, 1.165) is 0 Å². The van der Waals surface area contributed by atoms with E-state index in [1.165, 1.54) is 38.3 Å². The average Bonchev–Trinajstić information content (AvgIpc) is 2.61. The van der Waals surface area contributed by atoms with Gasteiger partial charge >= 0.3 is 0 Å². The molecule has 0 spiro atoms. The number of benzene rings is 2. The number of rotatable bonds is 7.